The van der Waals surface area contributed by atoms with Crippen LogP contribution in [0.15, 0.2) is 24.3 Å². The van der Waals surface area contributed by atoms with E-state index in [-0.39, 0.29) is 6.10 Å². The van der Waals surface area contributed by atoms with Crippen molar-refractivity contribution in [2.24, 2.45) is 0 Å². The third-order valence-electron chi connectivity index (χ3n) is 3.46. The number of nitrogens with one attached hydrogen (secondary N) is 1. The maximum absolute atomic E-state index is 6.01. The van der Waals surface area contributed by atoms with Gasteiger partial charge in [-0.05, 0) is 17.9 Å². The number of nitrogens with zero attached hydrogens (tertiary/aromatic N) is 1. The lowest BCUT2D eigenvalue weighted by Gasteiger charge is -2.25. The first-order valence-electron chi connectivity index (χ1n) is 6.24. The first kappa shape index (κ1) is 11.4. The van der Waals surface area contributed by atoms with Crippen LogP contribution in [0, 0.1) is 6.92 Å². The standard InChI is InChI=1S/C14H17N3O/c1-9-10-4-2-3-5-11(10)13(17-14(9)15)12-8-16-6-7-18-12/h2-5,12,16H,6-8H2,1H3,(H2,15,17). The number of pyridine rings is 1. The average Bonchev–Trinajstić information content (AvgIpc) is 2.44. The Morgan fingerprint density at radius 1 is 1.33 bits per heavy atom. The van der Waals surface area contributed by atoms with E-state index in [0.717, 1.165) is 35.1 Å². The van der Waals surface area contributed by atoms with E-state index in [0.29, 0.717) is 12.4 Å². The number of benzene rings is 1. The quantitative estimate of drug-likeness (QED) is 0.801. The van der Waals surface area contributed by atoms with Crippen LogP contribution in [0.4, 0.5) is 5.82 Å². The number of aromatic nitrogens is 1. The Bertz CT molecular complexity index is 577. The Kier molecular flexibility index (Phi) is 2.89. The number of nitrogens with two attached hydrogens (primary N) is 1. The molecule has 0 aliphatic carbocycles. The summed E-state index contributed by atoms with van der Waals surface area (Å²) in [5.41, 5.74) is 7.99. The largest absolute Gasteiger partial charge is 0.383 e. The highest BCUT2D eigenvalue weighted by Crippen LogP contribution is 2.30. The summed E-state index contributed by atoms with van der Waals surface area (Å²) in [4.78, 5) is 4.54. The van der Waals surface area contributed by atoms with Crippen LogP contribution in [0.1, 0.15) is 17.4 Å². The van der Waals surface area contributed by atoms with Crippen LogP contribution in [0.5, 0.6) is 0 Å². The zero-order valence-electron chi connectivity index (χ0n) is 10.4. The van der Waals surface area contributed by atoms with E-state index < -0.39 is 0 Å². The molecule has 0 radical (unpaired) electrons. The maximum Gasteiger partial charge on any atom is 0.127 e. The molecule has 0 saturated carbocycles. The highest BCUT2D eigenvalue weighted by Gasteiger charge is 2.21. The van der Waals surface area contributed by atoms with Gasteiger partial charge in [-0.15, -0.1) is 0 Å². The molecular formula is C14H17N3O. The van der Waals surface area contributed by atoms with Crippen LogP contribution in [0.2, 0.25) is 0 Å². The smallest absolute Gasteiger partial charge is 0.127 e. The lowest BCUT2D eigenvalue weighted by Crippen LogP contribution is -2.34. The monoisotopic (exact) mass is 243 g/mol. The minimum Gasteiger partial charge on any atom is -0.383 e. The van der Waals surface area contributed by atoms with E-state index in [4.69, 9.17) is 10.5 Å². The molecule has 1 fully saturated rings. The Balaban J connectivity index is 2.18. The minimum atomic E-state index is -0.00782. The zero-order valence-corrected chi connectivity index (χ0v) is 10.4. The van der Waals surface area contributed by atoms with Crippen LogP contribution in [0.25, 0.3) is 10.8 Å². The molecule has 0 amide bonds. The molecule has 1 aromatic heterocycles. The topological polar surface area (TPSA) is 60.2 Å². The van der Waals surface area contributed by atoms with Crippen LogP contribution < -0.4 is 11.1 Å². The molecule has 2 aromatic rings. The summed E-state index contributed by atoms with van der Waals surface area (Å²) in [7, 11) is 0. The van der Waals surface area contributed by atoms with Gasteiger partial charge in [-0.25, -0.2) is 4.98 Å². The number of ether oxygens (including phenoxy) is 1. The Hall–Kier alpha value is -1.65. The first-order valence-corrected chi connectivity index (χ1v) is 6.24. The minimum absolute atomic E-state index is 0.00782. The molecule has 0 bridgehead atoms. The van der Waals surface area contributed by atoms with Gasteiger partial charge in [0.1, 0.15) is 11.9 Å². The van der Waals surface area contributed by atoms with Gasteiger partial charge >= 0.3 is 0 Å². The van der Waals surface area contributed by atoms with Crippen molar-refractivity contribution in [3.63, 3.8) is 0 Å². The molecule has 1 aromatic carbocycles. The third kappa shape index (κ3) is 1.83. The van der Waals surface area contributed by atoms with Crippen molar-refractivity contribution < 1.29 is 4.74 Å². The van der Waals surface area contributed by atoms with Gasteiger partial charge < -0.3 is 15.8 Å². The molecule has 18 heavy (non-hydrogen) atoms. The van der Waals surface area contributed by atoms with E-state index in [1.807, 2.05) is 19.1 Å². The summed E-state index contributed by atoms with van der Waals surface area (Å²) >= 11 is 0. The fraction of sp³-hybridized carbons (Fsp3) is 0.357. The van der Waals surface area contributed by atoms with Gasteiger partial charge in [0, 0.05) is 18.5 Å². The highest BCUT2D eigenvalue weighted by molar-refractivity contribution is 5.90. The van der Waals surface area contributed by atoms with E-state index >= 15 is 0 Å². The van der Waals surface area contributed by atoms with Gasteiger partial charge in [0.05, 0.1) is 12.3 Å². The summed E-state index contributed by atoms with van der Waals surface area (Å²) < 4.78 is 5.79. The zero-order chi connectivity index (χ0) is 12.5. The van der Waals surface area contributed by atoms with Gasteiger partial charge in [-0.2, -0.15) is 0 Å². The van der Waals surface area contributed by atoms with Crippen LogP contribution in [-0.2, 0) is 4.74 Å². The number of hydrogen-bond donors (Lipinski definition) is 2. The maximum atomic E-state index is 6.01. The molecule has 4 heteroatoms. The van der Waals surface area contributed by atoms with Crippen molar-refractivity contribution in [3.05, 3.63) is 35.5 Å². The number of fused-ring (bicyclic) bond motifs is 1. The molecule has 1 atom stereocenters. The van der Waals surface area contributed by atoms with Crippen molar-refractivity contribution in [2.45, 2.75) is 13.0 Å². The third-order valence-corrected chi connectivity index (χ3v) is 3.46. The fourth-order valence-electron chi connectivity index (χ4n) is 2.43. The molecule has 0 spiro atoms. The van der Waals surface area contributed by atoms with Crippen molar-refractivity contribution in [1.29, 1.82) is 0 Å². The first-order chi connectivity index (χ1) is 8.77. The van der Waals surface area contributed by atoms with Gasteiger partial charge in [0.2, 0.25) is 0 Å². The molecule has 4 nitrogen and oxygen atoms in total. The molecule has 1 aliphatic rings. The predicted octanol–water partition coefficient (Wildman–Crippen LogP) is 1.79. The molecular weight excluding hydrogens is 226 g/mol. The molecule has 1 aliphatic heterocycles. The van der Waals surface area contributed by atoms with E-state index in [1.165, 1.54) is 0 Å². The summed E-state index contributed by atoms with van der Waals surface area (Å²) in [5.74, 6) is 0.595. The number of anilines is 1. The van der Waals surface area contributed by atoms with Gasteiger partial charge in [0.15, 0.2) is 0 Å². The molecule has 1 unspecified atom stereocenters. The van der Waals surface area contributed by atoms with Crippen molar-refractivity contribution in [1.82, 2.24) is 10.3 Å². The van der Waals surface area contributed by atoms with E-state index in [2.05, 4.69) is 22.4 Å². The average molecular weight is 243 g/mol. The number of nitrogen functional groups attached to an aromatic ring is 1. The molecule has 94 valence electrons. The number of rotatable bonds is 1. The lowest BCUT2D eigenvalue weighted by molar-refractivity contribution is 0.0261. The van der Waals surface area contributed by atoms with Gasteiger partial charge in [-0.3, -0.25) is 0 Å². The molecule has 1 saturated heterocycles. The number of aryl methyl sites for hydroxylation is 1. The van der Waals surface area contributed by atoms with Crippen LogP contribution in [-0.4, -0.2) is 24.7 Å². The van der Waals surface area contributed by atoms with Crippen LogP contribution in [0.3, 0.4) is 0 Å². The second kappa shape index (κ2) is 4.55. The molecule has 2 heterocycles. The van der Waals surface area contributed by atoms with Gasteiger partial charge in [0.25, 0.3) is 0 Å². The summed E-state index contributed by atoms with van der Waals surface area (Å²) in [6.45, 7) is 4.41. The highest BCUT2D eigenvalue weighted by atomic mass is 16.5. The summed E-state index contributed by atoms with van der Waals surface area (Å²) in [5, 5.41) is 5.62. The predicted molar refractivity (Wildman–Crippen MR) is 72.5 cm³/mol. The summed E-state index contributed by atoms with van der Waals surface area (Å²) in [6.07, 6.45) is -0.00782. The van der Waals surface area contributed by atoms with Crippen molar-refractivity contribution in [3.8, 4) is 0 Å². The molecule has 3 rings (SSSR count). The van der Waals surface area contributed by atoms with E-state index in [9.17, 15) is 0 Å². The Morgan fingerprint density at radius 3 is 2.83 bits per heavy atom. The molecule has 3 N–H and O–H groups in total. The Labute approximate surface area is 106 Å². The fourth-order valence-corrected chi connectivity index (χ4v) is 2.43. The number of hydrogen-bond acceptors (Lipinski definition) is 4. The number of morpholine rings is 1. The second-order valence-electron chi connectivity index (χ2n) is 4.62. The van der Waals surface area contributed by atoms with Crippen LogP contribution >= 0.6 is 0 Å². The normalized spacial score (nSPS) is 20.2. The summed E-state index contributed by atoms with van der Waals surface area (Å²) in [6, 6.07) is 8.22. The SMILES string of the molecule is Cc1c(N)nc(C2CNCCO2)c2ccccc12. The second-order valence-corrected chi connectivity index (χ2v) is 4.62. The lowest BCUT2D eigenvalue weighted by atomic mass is 10.0. The Morgan fingerprint density at radius 2 is 2.11 bits per heavy atom. The van der Waals surface area contributed by atoms with Crippen molar-refractivity contribution >= 4 is 16.6 Å². The van der Waals surface area contributed by atoms with E-state index in [1.54, 1.807) is 0 Å². The van der Waals surface area contributed by atoms with Gasteiger partial charge in [-0.1, -0.05) is 24.3 Å². The van der Waals surface area contributed by atoms with Crippen molar-refractivity contribution in [2.75, 3.05) is 25.4 Å².